The maximum absolute atomic E-state index is 13.7. The number of rotatable bonds is 7. The maximum atomic E-state index is 13.7. The molecule has 0 spiro atoms. The SMILES string of the molecule is Cc1ccc(CN(C(C)C)S(=O)(=O)c2ccc3[nH]cc(-c4nc(-c5ccc(C)cc5)no4)c(=O)c3c2)cc1. The number of H-pyrrole nitrogens is 1. The van der Waals surface area contributed by atoms with Gasteiger partial charge in [-0.1, -0.05) is 64.8 Å². The van der Waals surface area contributed by atoms with Gasteiger partial charge in [-0.3, -0.25) is 4.79 Å². The molecule has 0 fully saturated rings. The minimum Gasteiger partial charge on any atom is -0.360 e. The van der Waals surface area contributed by atoms with E-state index in [2.05, 4.69) is 15.1 Å². The quantitative estimate of drug-likeness (QED) is 0.300. The van der Waals surface area contributed by atoms with E-state index >= 15 is 0 Å². The van der Waals surface area contributed by atoms with Crippen LogP contribution in [0.5, 0.6) is 0 Å². The van der Waals surface area contributed by atoms with Crippen LogP contribution in [0.1, 0.15) is 30.5 Å². The zero-order valence-corrected chi connectivity index (χ0v) is 22.4. The van der Waals surface area contributed by atoms with E-state index < -0.39 is 15.5 Å². The van der Waals surface area contributed by atoms with E-state index in [1.54, 1.807) is 6.07 Å². The van der Waals surface area contributed by atoms with Gasteiger partial charge >= 0.3 is 0 Å². The Balaban J connectivity index is 1.53. The molecule has 5 rings (SSSR count). The van der Waals surface area contributed by atoms with Crippen molar-refractivity contribution in [2.24, 2.45) is 0 Å². The number of hydrogen-bond acceptors (Lipinski definition) is 6. The van der Waals surface area contributed by atoms with Crippen molar-refractivity contribution in [3.8, 4) is 22.8 Å². The standard InChI is InChI=1S/C29H28N4O4S/c1-18(2)33(17-21-9-5-19(3)6-10-21)38(35,36)23-13-14-26-24(15-23)27(34)25(16-30-26)29-31-28(32-37-29)22-11-7-20(4)8-12-22/h5-16,18H,17H2,1-4H3,(H,30,34). The van der Waals surface area contributed by atoms with E-state index in [0.717, 1.165) is 22.3 Å². The number of nitrogens with zero attached hydrogens (tertiary/aromatic N) is 3. The first-order valence-electron chi connectivity index (χ1n) is 12.3. The predicted octanol–water partition coefficient (Wildman–Crippen LogP) is 5.46. The third-order valence-electron chi connectivity index (χ3n) is 6.46. The van der Waals surface area contributed by atoms with Gasteiger partial charge in [-0.15, -0.1) is 0 Å². The van der Waals surface area contributed by atoms with Crippen molar-refractivity contribution in [2.75, 3.05) is 0 Å². The zero-order valence-electron chi connectivity index (χ0n) is 21.6. The van der Waals surface area contributed by atoms with Crippen LogP contribution in [0.4, 0.5) is 0 Å². The number of aromatic amines is 1. The summed E-state index contributed by atoms with van der Waals surface area (Å²) >= 11 is 0. The van der Waals surface area contributed by atoms with Gasteiger partial charge in [0.15, 0.2) is 0 Å². The highest BCUT2D eigenvalue weighted by Crippen LogP contribution is 2.26. The fourth-order valence-corrected chi connectivity index (χ4v) is 5.88. The summed E-state index contributed by atoms with van der Waals surface area (Å²) in [5.41, 5.74) is 4.12. The molecule has 5 aromatic rings. The van der Waals surface area contributed by atoms with Gasteiger partial charge in [-0.2, -0.15) is 9.29 Å². The molecule has 38 heavy (non-hydrogen) atoms. The Morgan fingerprint density at radius 3 is 2.26 bits per heavy atom. The maximum Gasteiger partial charge on any atom is 0.263 e. The van der Waals surface area contributed by atoms with Crippen LogP contribution < -0.4 is 5.43 Å². The van der Waals surface area contributed by atoms with Crippen LogP contribution in [0, 0.1) is 13.8 Å². The van der Waals surface area contributed by atoms with Gasteiger partial charge in [-0.05, 0) is 51.5 Å². The smallest absolute Gasteiger partial charge is 0.263 e. The predicted molar refractivity (Wildman–Crippen MR) is 147 cm³/mol. The van der Waals surface area contributed by atoms with Crippen molar-refractivity contribution < 1.29 is 12.9 Å². The average molecular weight is 529 g/mol. The molecule has 2 aromatic heterocycles. The number of aryl methyl sites for hydroxylation is 2. The fraction of sp³-hybridized carbons (Fsp3) is 0.207. The number of sulfonamides is 1. The first-order valence-corrected chi connectivity index (χ1v) is 13.7. The van der Waals surface area contributed by atoms with Crippen molar-refractivity contribution in [3.05, 3.63) is 99.8 Å². The van der Waals surface area contributed by atoms with Crippen LogP contribution in [-0.4, -0.2) is 33.9 Å². The van der Waals surface area contributed by atoms with Crippen LogP contribution in [0.15, 0.2) is 87.1 Å². The molecule has 0 bridgehead atoms. The van der Waals surface area contributed by atoms with Crippen molar-refractivity contribution in [2.45, 2.75) is 45.2 Å². The minimum atomic E-state index is -3.90. The lowest BCUT2D eigenvalue weighted by atomic mass is 10.1. The molecule has 0 saturated carbocycles. The molecule has 2 heterocycles. The number of pyridine rings is 1. The normalized spacial score (nSPS) is 12.1. The van der Waals surface area contributed by atoms with Gasteiger partial charge in [0.1, 0.15) is 5.56 Å². The molecule has 0 aliphatic rings. The van der Waals surface area contributed by atoms with E-state index in [-0.39, 0.29) is 34.3 Å². The number of benzene rings is 3. The van der Waals surface area contributed by atoms with E-state index in [1.165, 1.54) is 22.6 Å². The van der Waals surface area contributed by atoms with Gasteiger partial charge < -0.3 is 9.51 Å². The zero-order chi connectivity index (χ0) is 27.0. The van der Waals surface area contributed by atoms with E-state index in [0.29, 0.717) is 11.3 Å². The highest BCUT2D eigenvalue weighted by molar-refractivity contribution is 7.89. The van der Waals surface area contributed by atoms with Crippen LogP contribution in [0.2, 0.25) is 0 Å². The van der Waals surface area contributed by atoms with Crippen molar-refractivity contribution in [1.82, 2.24) is 19.4 Å². The monoisotopic (exact) mass is 528 g/mol. The van der Waals surface area contributed by atoms with Crippen molar-refractivity contribution in [3.63, 3.8) is 0 Å². The van der Waals surface area contributed by atoms with Gasteiger partial charge in [-0.25, -0.2) is 8.42 Å². The Labute approximate surface area is 221 Å². The third kappa shape index (κ3) is 4.90. The Morgan fingerprint density at radius 1 is 0.947 bits per heavy atom. The second-order valence-electron chi connectivity index (χ2n) is 9.66. The summed E-state index contributed by atoms with van der Waals surface area (Å²) in [6.45, 7) is 7.85. The summed E-state index contributed by atoms with van der Waals surface area (Å²) in [6.07, 6.45) is 1.50. The summed E-state index contributed by atoms with van der Waals surface area (Å²) in [5.74, 6) is 0.416. The minimum absolute atomic E-state index is 0.0411. The number of fused-ring (bicyclic) bond motifs is 1. The Morgan fingerprint density at radius 2 is 1.61 bits per heavy atom. The lowest BCUT2D eigenvalue weighted by Crippen LogP contribution is -2.36. The summed E-state index contributed by atoms with van der Waals surface area (Å²) in [5, 5.41) is 4.24. The van der Waals surface area contributed by atoms with Crippen LogP contribution in [0.25, 0.3) is 33.7 Å². The summed E-state index contributed by atoms with van der Waals surface area (Å²) < 4.78 is 34.3. The Hall–Kier alpha value is -4.08. The topological polar surface area (TPSA) is 109 Å². The molecular formula is C29H28N4O4S. The molecule has 0 atom stereocenters. The van der Waals surface area contributed by atoms with E-state index in [9.17, 15) is 13.2 Å². The second kappa shape index (κ2) is 10.00. The molecular weight excluding hydrogens is 500 g/mol. The lowest BCUT2D eigenvalue weighted by molar-refractivity contribution is 0.348. The summed E-state index contributed by atoms with van der Waals surface area (Å²) in [7, 11) is -3.90. The molecule has 0 aliphatic carbocycles. The first-order chi connectivity index (χ1) is 18.1. The molecule has 194 valence electrons. The van der Waals surface area contributed by atoms with E-state index in [1.807, 2.05) is 76.2 Å². The van der Waals surface area contributed by atoms with Crippen LogP contribution >= 0.6 is 0 Å². The fourth-order valence-electron chi connectivity index (χ4n) is 4.22. The highest BCUT2D eigenvalue weighted by Gasteiger charge is 2.28. The molecule has 9 heteroatoms. The van der Waals surface area contributed by atoms with Gasteiger partial charge in [0, 0.05) is 35.2 Å². The molecule has 8 nitrogen and oxygen atoms in total. The Kier molecular flexibility index (Phi) is 6.73. The second-order valence-corrected chi connectivity index (χ2v) is 11.5. The lowest BCUT2D eigenvalue weighted by Gasteiger charge is -2.26. The summed E-state index contributed by atoms with van der Waals surface area (Å²) in [6, 6.07) is 19.6. The number of hydrogen-bond donors (Lipinski definition) is 1. The molecule has 1 N–H and O–H groups in total. The molecule has 0 saturated heterocycles. The van der Waals surface area contributed by atoms with Crippen molar-refractivity contribution in [1.29, 1.82) is 0 Å². The molecule has 3 aromatic carbocycles. The number of nitrogens with one attached hydrogen (secondary N) is 1. The van der Waals surface area contributed by atoms with Crippen LogP contribution in [-0.2, 0) is 16.6 Å². The largest absolute Gasteiger partial charge is 0.360 e. The van der Waals surface area contributed by atoms with Gasteiger partial charge in [0.05, 0.1) is 4.90 Å². The third-order valence-corrected chi connectivity index (χ3v) is 8.48. The van der Waals surface area contributed by atoms with E-state index in [4.69, 9.17) is 4.52 Å². The van der Waals surface area contributed by atoms with Crippen molar-refractivity contribution >= 4 is 20.9 Å². The van der Waals surface area contributed by atoms with Gasteiger partial charge in [0.2, 0.25) is 21.3 Å². The first kappa shape index (κ1) is 25.6. The number of aromatic nitrogens is 3. The molecule has 0 radical (unpaired) electrons. The summed E-state index contributed by atoms with van der Waals surface area (Å²) in [4.78, 5) is 21.0. The molecule has 0 aliphatic heterocycles. The Bertz CT molecular complexity index is 1770. The average Bonchev–Trinajstić information content (AvgIpc) is 3.38. The highest BCUT2D eigenvalue weighted by atomic mass is 32.2. The molecule has 0 amide bonds. The van der Waals surface area contributed by atoms with Crippen LogP contribution in [0.3, 0.4) is 0 Å². The molecule has 0 unspecified atom stereocenters. The van der Waals surface area contributed by atoms with Gasteiger partial charge in [0.25, 0.3) is 5.89 Å².